The Morgan fingerprint density at radius 3 is 2.94 bits per heavy atom. The van der Waals surface area contributed by atoms with Crippen LogP contribution in [-0.2, 0) is 6.54 Å². The van der Waals surface area contributed by atoms with Crippen molar-refractivity contribution < 1.29 is 9.53 Å². The number of aromatic nitrogens is 1. The number of carbonyl (C=O) groups is 1. The number of hydrogen-bond donors (Lipinski definition) is 1. The number of ether oxygens (including phenoxy) is 1. The van der Waals surface area contributed by atoms with E-state index in [0.717, 1.165) is 18.7 Å². The van der Waals surface area contributed by atoms with Gasteiger partial charge in [-0.15, -0.1) is 0 Å². The van der Waals surface area contributed by atoms with Gasteiger partial charge in [0, 0.05) is 26.8 Å². The Morgan fingerprint density at radius 2 is 2.29 bits per heavy atom. The smallest absolute Gasteiger partial charge is 0.408 e. The molecule has 0 aliphatic rings. The van der Waals surface area contributed by atoms with Gasteiger partial charge in [-0.1, -0.05) is 6.92 Å². The van der Waals surface area contributed by atoms with E-state index in [1.807, 2.05) is 0 Å². The van der Waals surface area contributed by atoms with E-state index in [1.54, 1.807) is 32.4 Å². The predicted octanol–water partition coefficient (Wildman–Crippen LogP) is 1.64. The zero-order valence-electron chi connectivity index (χ0n) is 10.6. The van der Waals surface area contributed by atoms with Gasteiger partial charge in [-0.25, -0.2) is 4.79 Å². The summed E-state index contributed by atoms with van der Waals surface area (Å²) in [5, 5.41) is 3.23. The van der Waals surface area contributed by atoms with E-state index in [2.05, 4.69) is 17.2 Å². The van der Waals surface area contributed by atoms with Gasteiger partial charge in [-0.05, 0) is 25.1 Å². The monoisotopic (exact) mass is 237 g/mol. The molecule has 0 bridgehead atoms. The maximum absolute atomic E-state index is 11.4. The Hall–Kier alpha value is -1.62. The van der Waals surface area contributed by atoms with E-state index in [-0.39, 0.29) is 0 Å². The summed E-state index contributed by atoms with van der Waals surface area (Å²) in [6, 6.07) is 3.50. The molecule has 1 heterocycles. The maximum Gasteiger partial charge on any atom is 0.414 e. The zero-order chi connectivity index (χ0) is 12.7. The van der Waals surface area contributed by atoms with Crippen molar-refractivity contribution in [2.75, 3.05) is 20.6 Å². The molecule has 0 saturated carbocycles. The Morgan fingerprint density at radius 1 is 1.53 bits per heavy atom. The lowest BCUT2D eigenvalue weighted by atomic mass is 10.3. The first-order valence-corrected chi connectivity index (χ1v) is 5.69. The molecule has 1 aromatic heterocycles. The van der Waals surface area contributed by atoms with Crippen LogP contribution in [0.15, 0.2) is 18.3 Å². The second kappa shape index (κ2) is 6.85. The highest BCUT2D eigenvalue weighted by Crippen LogP contribution is 2.15. The molecule has 0 aliphatic heterocycles. The fraction of sp³-hybridized carbons (Fsp3) is 0.500. The molecule has 0 aliphatic carbocycles. The summed E-state index contributed by atoms with van der Waals surface area (Å²) in [6.07, 6.45) is 2.35. The lowest BCUT2D eigenvalue weighted by Gasteiger charge is -2.13. The SMILES string of the molecule is CCCNCc1ncccc1OC(=O)N(C)C. The fourth-order valence-electron chi connectivity index (χ4n) is 1.22. The number of pyridine rings is 1. The minimum atomic E-state index is -0.394. The zero-order valence-corrected chi connectivity index (χ0v) is 10.6. The molecule has 0 atom stereocenters. The van der Waals surface area contributed by atoms with Gasteiger partial charge < -0.3 is 15.0 Å². The molecule has 0 saturated heterocycles. The second-order valence-corrected chi connectivity index (χ2v) is 3.89. The van der Waals surface area contributed by atoms with Crippen molar-refractivity contribution in [1.82, 2.24) is 15.2 Å². The molecular formula is C12H19N3O2. The molecule has 0 spiro atoms. The molecule has 5 nitrogen and oxygen atoms in total. The average Bonchev–Trinajstić information content (AvgIpc) is 2.31. The van der Waals surface area contributed by atoms with Gasteiger partial charge >= 0.3 is 6.09 Å². The van der Waals surface area contributed by atoms with Gasteiger partial charge in [0.25, 0.3) is 0 Å². The van der Waals surface area contributed by atoms with Crippen LogP contribution in [0.3, 0.4) is 0 Å². The molecule has 17 heavy (non-hydrogen) atoms. The number of nitrogens with one attached hydrogen (secondary N) is 1. The summed E-state index contributed by atoms with van der Waals surface area (Å²) >= 11 is 0. The van der Waals surface area contributed by atoms with Crippen molar-refractivity contribution >= 4 is 6.09 Å². The van der Waals surface area contributed by atoms with Gasteiger partial charge in [0.1, 0.15) is 0 Å². The Bertz CT molecular complexity index is 367. The second-order valence-electron chi connectivity index (χ2n) is 3.89. The van der Waals surface area contributed by atoms with E-state index in [1.165, 1.54) is 4.90 Å². The number of carbonyl (C=O) groups excluding carboxylic acids is 1. The topological polar surface area (TPSA) is 54.5 Å². The summed E-state index contributed by atoms with van der Waals surface area (Å²) in [5.41, 5.74) is 0.746. The van der Waals surface area contributed by atoms with Crippen LogP contribution in [0.2, 0.25) is 0 Å². The number of nitrogens with zero attached hydrogens (tertiary/aromatic N) is 2. The van der Waals surface area contributed by atoms with E-state index < -0.39 is 6.09 Å². The minimum absolute atomic E-state index is 0.394. The molecular weight excluding hydrogens is 218 g/mol. The van der Waals surface area contributed by atoms with E-state index in [4.69, 9.17) is 4.74 Å². The first-order chi connectivity index (χ1) is 8.15. The minimum Gasteiger partial charge on any atom is -0.408 e. The molecule has 0 aromatic carbocycles. The standard InChI is InChI=1S/C12H19N3O2/c1-4-7-13-9-10-11(6-5-8-14-10)17-12(16)15(2)3/h5-6,8,13H,4,7,9H2,1-3H3. The third-order valence-electron chi connectivity index (χ3n) is 2.13. The summed E-state index contributed by atoms with van der Waals surface area (Å²) in [4.78, 5) is 17.0. The molecule has 1 rings (SSSR count). The van der Waals surface area contributed by atoms with E-state index in [0.29, 0.717) is 12.3 Å². The van der Waals surface area contributed by atoms with Crippen LogP contribution in [-0.4, -0.2) is 36.6 Å². The number of amides is 1. The molecule has 0 radical (unpaired) electrons. The van der Waals surface area contributed by atoms with Crippen LogP contribution in [0, 0.1) is 0 Å². The molecule has 1 aromatic rings. The molecule has 0 fully saturated rings. The van der Waals surface area contributed by atoms with Crippen molar-refractivity contribution in [3.63, 3.8) is 0 Å². The van der Waals surface area contributed by atoms with Gasteiger partial charge in [-0.2, -0.15) is 0 Å². The highest BCUT2D eigenvalue weighted by atomic mass is 16.6. The average molecular weight is 237 g/mol. The molecule has 1 N–H and O–H groups in total. The molecule has 1 amide bonds. The van der Waals surface area contributed by atoms with Crippen LogP contribution in [0.25, 0.3) is 0 Å². The third-order valence-corrected chi connectivity index (χ3v) is 2.13. The van der Waals surface area contributed by atoms with Crippen molar-refractivity contribution in [2.45, 2.75) is 19.9 Å². The number of rotatable bonds is 5. The molecule has 5 heteroatoms. The van der Waals surface area contributed by atoms with Crippen LogP contribution in [0.1, 0.15) is 19.0 Å². The Kier molecular flexibility index (Phi) is 5.42. The summed E-state index contributed by atoms with van der Waals surface area (Å²) < 4.78 is 5.22. The lowest BCUT2D eigenvalue weighted by Crippen LogP contribution is -2.26. The Labute approximate surface area is 102 Å². The predicted molar refractivity (Wildman–Crippen MR) is 65.9 cm³/mol. The van der Waals surface area contributed by atoms with Crippen molar-refractivity contribution in [2.24, 2.45) is 0 Å². The van der Waals surface area contributed by atoms with Crippen molar-refractivity contribution in [1.29, 1.82) is 0 Å². The van der Waals surface area contributed by atoms with Crippen molar-refractivity contribution in [3.05, 3.63) is 24.0 Å². The van der Waals surface area contributed by atoms with E-state index in [9.17, 15) is 4.79 Å². The highest BCUT2D eigenvalue weighted by molar-refractivity contribution is 5.70. The highest BCUT2D eigenvalue weighted by Gasteiger charge is 2.10. The number of hydrogen-bond acceptors (Lipinski definition) is 4. The summed E-state index contributed by atoms with van der Waals surface area (Å²) in [6.45, 7) is 3.61. The van der Waals surface area contributed by atoms with Crippen molar-refractivity contribution in [3.8, 4) is 5.75 Å². The lowest BCUT2D eigenvalue weighted by molar-refractivity contribution is 0.171. The molecule has 94 valence electrons. The Balaban J connectivity index is 2.67. The summed E-state index contributed by atoms with van der Waals surface area (Å²) in [5.74, 6) is 0.509. The molecule has 0 unspecified atom stereocenters. The largest absolute Gasteiger partial charge is 0.414 e. The van der Waals surface area contributed by atoms with Crippen LogP contribution in [0.4, 0.5) is 4.79 Å². The van der Waals surface area contributed by atoms with Crippen LogP contribution in [0.5, 0.6) is 5.75 Å². The first kappa shape index (κ1) is 13.4. The maximum atomic E-state index is 11.4. The van der Waals surface area contributed by atoms with Gasteiger partial charge in [-0.3, -0.25) is 4.98 Å². The third kappa shape index (κ3) is 4.40. The normalized spacial score (nSPS) is 10.1. The van der Waals surface area contributed by atoms with Crippen LogP contribution >= 0.6 is 0 Å². The quantitative estimate of drug-likeness (QED) is 0.791. The van der Waals surface area contributed by atoms with Gasteiger partial charge in [0.15, 0.2) is 5.75 Å². The van der Waals surface area contributed by atoms with Gasteiger partial charge in [0.2, 0.25) is 0 Å². The van der Waals surface area contributed by atoms with E-state index >= 15 is 0 Å². The fourth-order valence-corrected chi connectivity index (χ4v) is 1.22. The summed E-state index contributed by atoms with van der Waals surface area (Å²) in [7, 11) is 3.29. The first-order valence-electron chi connectivity index (χ1n) is 5.69. The van der Waals surface area contributed by atoms with Gasteiger partial charge in [0.05, 0.1) is 5.69 Å². The van der Waals surface area contributed by atoms with Crippen LogP contribution < -0.4 is 10.1 Å².